The lowest BCUT2D eigenvalue weighted by molar-refractivity contribution is -0.144. The number of hydrogen-bond acceptors (Lipinski definition) is 8. The van der Waals surface area contributed by atoms with Gasteiger partial charge in [0.25, 0.3) is 11.1 Å². The van der Waals surface area contributed by atoms with Crippen LogP contribution < -0.4 is 11.1 Å². The summed E-state index contributed by atoms with van der Waals surface area (Å²) in [7, 11) is 0. The number of hydrogen-bond donors (Lipinski definition) is 0. The number of fused-ring (bicyclic) bond motifs is 3. The molecule has 1 aliphatic heterocycles. The first-order valence-corrected chi connectivity index (χ1v) is 28.8. The second kappa shape index (κ2) is 45.4. The summed E-state index contributed by atoms with van der Waals surface area (Å²) in [6, 6.07) is 33.8. The molecule has 5 aromatic heterocycles. The third kappa shape index (κ3) is 26.6. The Balaban J connectivity index is -0.000000833. The molecule has 1 amide bonds. The van der Waals surface area contributed by atoms with Gasteiger partial charge in [-0.25, -0.2) is 14.6 Å². The number of aromatic nitrogens is 9. The molecule has 3 aromatic carbocycles. The molecule has 0 radical (unpaired) electrons. The molecule has 0 N–H and O–H groups in total. The van der Waals surface area contributed by atoms with E-state index < -0.39 is 0 Å². The maximum absolute atomic E-state index is 11.0. The smallest absolute Gasteiger partial charge is 0.266 e. The Morgan fingerprint density at radius 1 is 0.436 bits per heavy atom. The van der Waals surface area contributed by atoms with Crippen LogP contribution in [0.3, 0.4) is 0 Å². The van der Waals surface area contributed by atoms with Gasteiger partial charge in [-0.1, -0.05) is 132 Å². The number of para-hydroxylation sites is 4. The molecule has 436 valence electrons. The molecule has 8 aromatic rings. The zero-order valence-electron chi connectivity index (χ0n) is 52.9. The quantitative estimate of drug-likeness (QED) is 0.160. The van der Waals surface area contributed by atoms with Gasteiger partial charge in [0, 0.05) is 78.4 Å². The van der Waals surface area contributed by atoms with E-state index in [1.54, 1.807) is 23.2 Å². The molecule has 1 saturated heterocycles. The monoisotopic (exact) mass is 1080 g/mol. The lowest BCUT2D eigenvalue weighted by Gasteiger charge is -2.30. The Kier molecular flexibility index (Phi) is 43.9. The van der Waals surface area contributed by atoms with Gasteiger partial charge in [0.2, 0.25) is 5.91 Å². The van der Waals surface area contributed by atoms with Crippen molar-refractivity contribution in [3.8, 4) is 0 Å². The van der Waals surface area contributed by atoms with E-state index in [4.69, 9.17) is 4.74 Å². The van der Waals surface area contributed by atoms with Crippen LogP contribution in [0.4, 0.5) is 0 Å². The fourth-order valence-corrected chi connectivity index (χ4v) is 6.93. The van der Waals surface area contributed by atoms with Crippen molar-refractivity contribution in [3.63, 3.8) is 0 Å². The van der Waals surface area contributed by atoms with Gasteiger partial charge in [0.15, 0.2) is 0 Å². The van der Waals surface area contributed by atoms with Gasteiger partial charge in [-0.05, 0) is 125 Å². The summed E-state index contributed by atoms with van der Waals surface area (Å²) in [6.07, 6.45) is 10.6. The van der Waals surface area contributed by atoms with Crippen molar-refractivity contribution in [2.24, 2.45) is 0 Å². The number of ether oxygens (including phenoxy) is 1. The van der Waals surface area contributed by atoms with Gasteiger partial charge in [0.05, 0.1) is 48.1 Å². The summed E-state index contributed by atoms with van der Waals surface area (Å²) in [6.45, 7) is 50.5. The predicted octanol–water partition coefficient (Wildman–Crippen LogP) is 16.5. The normalized spacial score (nSPS) is 10.9. The molecule has 0 atom stereocenters. The van der Waals surface area contributed by atoms with Crippen molar-refractivity contribution >= 4 is 38.7 Å². The standard InChI is InChI=1S/C11H13N.2C10H12N2.2C7H10N2O.C7H13NO2.6C2H6/c1-9(2)12-8-7-10-5-3-4-6-11(10)12;1-8(2)12-7-11-9-5-3-4-6-10(9)12;1-8(2)12-10-6-4-3-5-9(10)7-11-12;1-6(2)9-5-8-4-3-7(9)10;1-6(2)9-7(10)4-3-5-8-9;1-6(2)8-3-4-10-5-7(8)9;6*1-2/h3-9H,1-2H3;2*3-8H,1-2H3;2*3-6H,1-2H3;6H,3-5H2,1-2H3;6*1-2H3. The van der Waals surface area contributed by atoms with E-state index in [0.29, 0.717) is 30.8 Å². The summed E-state index contributed by atoms with van der Waals surface area (Å²) < 4.78 is 14.5. The molecule has 14 heteroatoms. The Morgan fingerprint density at radius 2 is 0.949 bits per heavy atom. The number of carbonyl (C=O) groups excluding carboxylic acids is 1. The summed E-state index contributed by atoms with van der Waals surface area (Å²) in [5, 5.41) is 10.7. The fourth-order valence-electron chi connectivity index (χ4n) is 6.93. The molecule has 1 aliphatic rings. The highest BCUT2D eigenvalue weighted by Crippen LogP contribution is 2.20. The first-order chi connectivity index (χ1) is 37.5. The highest BCUT2D eigenvalue weighted by molar-refractivity contribution is 5.80. The minimum atomic E-state index is -0.0440. The third-order valence-corrected chi connectivity index (χ3v) is 10.4. The molecule has 78 heavy (non-hydrogen) atoms. The zero-order chi connectivity index (χ0) is 60.3. The molecule has 0 aliphatic carbocycles. The molecule has 0 bridgehead atoms. The van der Waals surface area contributed by atoms with Gasteiger partial charge < -0.3 is 18.8 Å². The van der Waals surface area contributed by atoms with Crippen LogP contribution in [-0.4, -0.2) is 79.8 Å². The maximum atomic E-state index is 11.0. The van der Waals surface area contributed by atoms with E-state index in [-0.39, 0.29) is 35.7 Å². The van der Waals surface area contributed by atoms with Crippen LogP contribution in [0.1, 0.15) is 196 Å². The van der Waals surface area contributed by atoms with E-state index in [9.17, 15) is 14.4 Å². The zero-order valence-corrected chi connectivity index (χ0v) is 52.9. The van der Waals surface area contributed by atoms with Crippen molar-refractivity contribution in [2.75, 3.05) is 19.8 Å². The van der Waals surface area contributed by atoms with Crippen molar-refractivity contribution in [1.82, 2.24) is 48.1 Å². The maximum Gasteiger partial charge on any atom is 0.266 e. The Hall–Kier alpha value is -6.67. The van der Waals surface area contributed by atoms with Gasteiger partial charge in [-0.15, -0.1) is 0 Å². The van der Waals surface area contributed by atoms with Crippen molar-refractivity contribution in [2.45, 2.75) is 202 Å². The number of amides is 1. The van der Waals surface area contributed by atoms with Gasteiger partial charge in [-0.3, -0.25) is 23.6 Å². The van der Waals surface area contributed by atoms with Crippen LogP contribution in [0.25, 0.3) is 32.8 Å². The summed E-state index contributed by atoms with van der Waals surface area (Å²) >= 11 is 0. The fraction of sp³-hybridized carbons (Fsp3) is 0.516. The van der Waals surface area contributed by atoms with E-state index in [2.05, 4.69) is 126 Å². The molecule has 1 fully saturated rings. The number of imidazole rings is 1. The average molecular weight is 1080 g/mol. The topological polar surface area (TPSA) is 140 Å². The molecule has 14 nitrogen and oxygen atoms in total. The van der Waals surface area contributed by atoms with Crippen molar-refractivity contribution in [3.05, 3.63) is 155 Å². The van der Waals surface area contributed by atoms with Gasteiger partial charge >= 0.3 is 0 Å². The van der Waals surface area contributed by atoms with Crippen molar-refractivity contribution < 1.29 is 9.53 Å². The van der Waals surface area contributed by atoms with Crippen LogP contribution in [0.2, 0.25) is 0 Å². The molecular weight excluding hydrogens is 973 g/mol. The molecular formula is C64H106N10O4. The Morgan fingerprint density at radius 3 is 1.41 bits per heavy atom. The highest BCUT2D eigenvalue weighted by Gasteiger charge is 2.20. The summed E-state index contributed by atoms with van der Waals surface area (Å²) in [5.41, 5.74) is 4.79. The summed E-state index contributed by atoms with van der Waals surface area (Å²) in [5.74, 6) is 0.112. The van der Waals surface area contributed by atoms with E-state index in [0.717, 1.165) is 12.1 Å². The number of nitrogens with zero attached hydrogens (tertiary/aromatic N) is 10. The minimum absolute atomic E-state index is 0.00463. The molecule has 0 spiro atoms. The van der Waals surface area contributed by atoms with Crippen LogP contribution >= 0.6 is 0 Å². The lowest BCUT2D eigenvalue weighted by Crippen LogP contribution is -2.45. The van der Waals surface area contributed by atoms with Crippen LogP contribution in [0, 0.1) is 0 Å². The Labute approximate surface area is 471 Å². The third-order valence-electron chi connectivity index (χ3n) is 10.4. The lowest BCUT2D eigenvalue weighted by atomic mass is 10.2. The minimum Gasteiger partial charge on any atom is -0.370 e. The molecule has 0 unspecified atom stereocenters. The molecule has 9 rings (SSSR count). The SMILES string of the molecule is CC.CC.CC.CC.CC.CC.CC(C)N1CCOCC1=O.CC(C)n1ccc2ccccc21.CC(C)n1cnc2ccccc21.CC(C)n1cnccc1=O.CC(C)n1ncc2ccccc21.CC(C)n1ncccc1=O. The second-order valence-corrected chi connectivity index (χ2v) is 17.4. The predicted molar refractivity (Wildman–Crippen MR) is 336 cm³/mol. The van der Waals surface area contributed by atoms with Crippen LogP contribution in [-0.2, 0) is 9.53 Å². The largest absolute Gasteiger partial charge is 0.370 e. The first-order valence-electron chi connectivity index (χ1n) is 28.8. The molecule has 6 heterocycles. The average Bonchev–Trinajstić information content (AvgIpc) is 4.24. The molecule has 0 saturated carbocycles. The van der Waals surface area contributed by atoms with Crippen LogP contribution in [0.15, 0.2) is 144 Å². The van der Waals surface area contributed by atoms with Crippen LogP contribution in [0.5, 0.6) is 0 Å². The Bertz CT molecular complexity index is 2550. The van der Waals surface area contributed by atoms with Gasteiger partial charge in [0.1, 0.15) is 6.61 Å². The van der Waals surface area contributed by atoms with Crippen molar-refractivity contribution in [1.29, 1.82) is 0 Å². The number of morpholine rings is 1. The van der Waals surface area contributed by atoms with E-state index in [1.165, 1.54) is 50.3 Å². The first kappa shape index (κ1) is 75.6. The van der Waals surface area contributed by atoms with E-state index >= 15 is 0 Å². The number of benzene rings is 3. The summed E-state index contributed by atoms with van der Waals surface area (Å²) in [4.78, 5) is 43.0. The number of rotatable bonds is 6. The second-order valence-electron chi connectivity index (χ2n) is 17.4. The highest BCUT2D eigenvalue weighted by atomic mass is 16.5. The number of carbonyl (C=O) groups is 1. The van der Waals surface area contributed by atoms with Gasteiger partial charge in [-0.2, -0.15) is 10.2 Å². The van der Waals surface area contributed by atoms with E-state index in [1.807, 2.05) is 177 Å².